The number of hydrogen-bond donors (Lipinski definition) is 2. The highest BCUT2D eigenvalue weighted by Gasteiger charge is 2.29. The van der Waals surface area contributed by atoms with Crippen molar-refractivity contribution in [3.8, 4) is 5.75 Å². The van der Waals surface area contributed by atoms with Gasteiger partial charge in [-0.1, -0.05) is 62.4 Å². The topological polar surface area (TPSA) is 91.0 Å². The third kappa shape index (κ3) is 9.53. The molecule has 1 heterocycles. The molecule has 2 N–H and O–H groups in total. The number of carbonyl (C=O) groups is 3. The summed E-state index contributed by atoms with van der Waals surface area (Å²) in [7, 11) is 2.03. The number of rotatable bonds is 12. The Morgan fingerprint density at radius 3 is 2.11 bits per heavy atom. The Hall–Kier alpha value is -3.39. The molecule has 0 unspecified atom stereocenters. The van der Waals surface area contributed by atoms with E-state index in [1.54, 1.807) is 17.0 Å². The Balaban J connectivity index is 1.67. The molecule has 0 aliphatic carbocycles. The summed E-state index contributed by atoms with van der Waals surface area (Å²) < 4.78 is 5.68. The van der Waals surface area contributed by atoms with Crippen LogP contribution >= 0.6 is 0 Å². The number of benzene rings is 2. The Kier molecular flexibility index (Phi) is 11.0. The summed E-state index contributed by atoms with van der Waals surface area (Å²) >= 11 is 0. The Morgan fingerprint density at radius 2 is 1.49 bits per heavy atom. The van der Waals surface area contributed by atoms with Gasteiger partial charge in [-0.25, -0.2) is 4.79 Å². The van der Waals surface area contributed by atoms with Crippen LogP contribution < -0.4 is 15.4 Å². The van der Waals surface area contributed by atoms with Crippen LogP contribution in [0.4, 0.5) is 4.79 Å². The molecule has 1 aliphatic rings. The summed E-state index contributed by atoms with van der Waals surface area (Å²) in [4.78, 5) is 43.4. The van der Waals surface area contributed by atoms with Gasteiger partial charge in [0.2, 0.25) is 5.91 Å². The van der Waals surface area contributed by atoms with Crippen LogP contribution in [-0.2, 0) is 16.0 Å². The van der Waals surface area contributed by atoms with Gasteiger partial charge >= 0.3 is 6.03 Å². The number of amides is 3. The van der Waals surface area contributed by atoms with E-state index in [4.69, 9.17) is 4.74 Å². The molecule has 3 rings (SSSR count). The number of piperazine rings is 1. The van der Waals surface area contributed by atoms with E-state index in [0.717, 1.165) is 18.7 Å². The number of ketones is 1. The molecule has 200 valence electrons. The van der Waals surface area contributed by atoms with Crippen LogP contribution in [0.5, 0.6) is 5.75 Å². The fraction of sp³-hybridized carbons (Fsp3) is 0.483. The lowest BCUT2D eigenvalue weighted by Crippen LogP contribution is -2.57. The Bertz CT molecular complexity index is 991. The summed E-state index contributed by atoms with van der Waals surface area (Å²) in [5.41, 5.74) is 1.08. The van der Waals surface area contributed by atoms with Gasteiger partial charge in [0.15, 0.2) is 5.78 Å². The third-order valence-electron chi connectivity index (χ3n) is 6.51. The number of carbonyl (C=O) groups excluding carboxylic acids is 3. The van der Waals surface area contributed by atoms with Crippen LogP contribution in [0.2, 0.25) is 0 Å². The first-order valence-electron chi connectivity index (χ1n) is 13.1. The molecule has 0 aromatic heterocycles. The molecule has 1 aliphatic heterocycles. The number of ether oxygens (including phenoxy) is 1. The minimum Gasteiger partial charge on any atom is -0.486 e. The molecular weight excluding hydrogens is 468 g/mol. The van der Waals surface area contributed by atoms with Gasteiger partial charge in [0, 0.05) is 26.2 Å². The zero-order valence-corrected chi connectivity index (χ0v) is 22.2. The highest BCUT2D eigenvalue weighted by Crippen LogP contribution is 2.12. The molecule has 2 aromatic carbocycles. The molecule has 0 spiro atoms. The van der Waals surface area contributed by atoms with Crippen molar-refractivity contribution >= 4 is 17.7 Å². The van der Waals surface area contributed by atoms with E-state index in [-0.39, 0.29) is 30.2 Å². The number of hydrogen-bond acceptors (Lipinski definition) is 5. The van der Waals surface area contributed by atoms with Gasteiger partial charge < -0.3 is 25.2 Å². The van der Waals surface area contributed by atoms with E-state index in [1.165, 1.54) is 0 Å². The van der Waals surface area contributed by atoms with E-state index < -0.39 is 12.1 Å². The number of para-hydroxylation sites is 1. The van der Waals surface area contributed by atoms with Crippen molar-refractivity contribution in [3.63, 3.8) is 0 Å². The summed E-state index contributed by atoms with van der Waals surface area (Å²) in [6.45, 7) is 6.70. The number of nitrogens with one attached hydrogen (secondary N) is 2. The second-order valence-corrected chi connectivity index (χ2v) is 10.1. The van der Waals surface area contributed by atoms with Gasteiger partial charge in [0.05, 0.1) is 6.04 Å². The maximum absolute atomic E-state index is 13.4. The maximum Gasteiger partial charge on any atom is 0.318 e. The number of Topliss-reactive ketones (excluding diaryl/α,β-unsaturated/α-hetero) is 1. The highest BCUT2D eigenvalue weighted by molar-refractivity contribution is 5.93. The average molecular weight is 509 g/mol. The molecule has 0 saturated carbocycles. The molecule has 8 nitrogen and oxygen atoms in total. The first-order valence-corrected chi connectivity index (χ1v) is 13.1. The van der Waals surface area contributed by atoms with E-state index in [1.807, 2.05) is 69.4 Å². The lowest BCUT2D eigenvalue weighted by atomic mass is 10.00. The fourth-order valence-corrected chi connectivity index (χ4v) is 4.27. The van der Waals surface area contributed by atoms with Gasteiger partial charge in [-0.2, -0.15) is 0 Å². The predicted octanol–water partition coefficient (Wildman–Crippen LogP) is 3.12. The van der Waals surface area contributed by atoms with Gasteiger partial charge in [0.25, 0.3) is 0 Å². The number of nitrogens with zero attached hydrogens (tertiary/aromatic N) is 2. The second kappa shape index (κ2) is 14.4. The molecule has 1 fully saturated rings. The van der Waals surface area contributed by atoms with Gasteiger partial charge in [-0.15, -0.1) is 0 Å². The lowest BCUT2D eigenvalue weighted by molar-refractivity contribution is -0.130. The largest absolute Gasteiger partial charge is 0.486 e. The van der Waals surface area contributed by atoms with Crippen LogP contribution in [0.15, 0.2) is 60.7 Å². The lowest BCUT2D eigenvalue weighted by Gasteiger charge is -2.33. The van der Waals surface area contributed by atoms with E-state index in [0.29, 0.717) is 38.1 Å². The highest BCUT2D eigenvalue weighted by atomic mass is 16.5. The summed E-state index contributed by atoms with van der Waals surface area (Å²) in [6.07, 6.45) is 1.55. The van der Waals surface area contributed by atoms with Crippen molar-refractivity contribution in [2.24, 2.45) is 5.92 Å². The quantitative estimate of drug-likeness (QED) is 0.460. The number of likely N-dealkylation sites (N-methyl/N-ethyl adjacent to an activating group) is 1. The molecule has 2 aromatic rings. The molecule has 37 heavy (non-hydrogen) atoms. The summed E-state index contributed by atoms with van der Waals surface area (Å²) in [5.74, 6) is 0.230. The van der Waals surface area contributed by atoms with E-state index >= 15 is 0 Å². The van der Waals surface area contributed by atoms with Gasteiger partial charge in [-0.3, -0.25) is 9.59 Å². The maximum atomic E-state index is 13.4. The van der Waals surface area contributed by atoms with Crippen molar-refractivity contribution < 1.29 is 19.1 Å². The van der Waals surface area contributed by atoms with Crippen molar-refractivity contribution in [2.45, 2.75) is 45.2 Å². The smallest absolute Gasteiger partial charge is 0.318 e. The zero-order valence-electron chi connectivity index (χ0n) is 22.2. The molecule has 0 bridgehead atoms. The standard InChI is InChI=1S/C29H40N4O4/c1-22(2)20-26(31-29(36)33-18-16-32(3)17-19-33)28(35)30-25(15-14-23-10-6-4-7-11-23)27(34)21-37-24-12-8-5-9-13-24/h4-13,22,25-26H,14-21H2,1-3H3,(H,30,35)(H,31,36)/t25-,26-/m0/s1. The fourth-order valence-electron chi connectivity index (χ4n) is 4.27. The minimum atomic E-state index is -0.730. The first kappa shape index (κ1) is 28.2. The molecule has 3 amide bonds. The van der Waals surface area contributed by atoms with Crippen LogP contribution in [0.3, 0.4) is 0 Å². The number of aryl methyl sites for hydroxylation is 1. The van der Waals surface area contributed by atoms with Crippen molar-refractivity contribution in [1.82, 2.24) is 20.4 Å². The average Bonchev–Trinajstić information content (AvgIpc) is 2.90. The van der Waals surface area contributed by atoms with Crippen LogP contribution in [0, 0.1) is 5.92 Å². The molecule has 1 saturated heterocycles. The monoisotopic (exact) mass is 508 g/mol. The molecular formula is C29H40N4O4. The third-order valence-corrected chi connectivity index (χ3v) is 6.51. The molecule has 0 radical (unpaired) electrons. The van der Waals surface area contributed by atoms with Crippen molar-refractivity contribution in [3.05, 3.63) is 66.2 Å². The number of urea groups is 1. The summed E-state index contributed by atoms with van der Waals surface area (Å²) in [5, 5.41) is 5.86. The normalized spacial score (nSPS) is 15.6. The zero-order chi connectivity index (χ0) is 26.6. The summed E-state index contributed by atoms with van der Waals surface area (Å²) in [6, 6.07) is 17.3. The minimum absolute atomic E-state index is 0.147. The van der Waals surface area contributed by atoms with Gasteiger partial charge in [-0.05, 0) is 49.9 Å². The van der Waals surface area contributed by atoms with Gasteiger partial charge in [0.1, 0.15) is 18.4 Å². The SMILES string of the molecule is CC(C)C[C@H](NC(=O)N1CCN(C)CC1)C(=O)N[C@@H](CCc1ccccc1)C(=O)COc1ccccc1. The van der Waals surface area contributed by atoms with Crippen molar-refractivity contribution in [1.29, 1.82) is 0 Å². The molecule has 2 atom stereocenters. The molecule has 8 heteroatoms. The Morgan fingerprint density at radius 1 is 0.865 bits per heavy atom. The Labute approximate surface area is 220 Å². The van der Waals surface area contributed by atoms with Crippen LogP contribution in [0.1, 0.15) is 32.3 Å². The van der Waals surface area contributed by atoms with E-state index in [9.17, 15) is 14.4 Å². The van der Waals surface area contributed by atoms with Crippen LogP contribution in [0.25, 0.3) is 0 Å². The van der Waals surface area contributed by atoms with E-state index in [2.05, 4.69) is 15.5 Å². The van der Waals surface area contributed by atoms with Crippen molar-refractivity contribution in [2.75, 3.05) is 39.8 Å². The van der Waals surface area contributed by atoms with Crippen LogP contribution in [-0.4, -0.2) is 79.4 Å². The second-order valence-electron chi connectivity index (χ2n) is 10.1. The first-order chi connectivity index (χ1) is 17.8. The predicted molar refractivity (Wildman–Crippen MR) is 144 cm³/mol.